The first-order chi connectivity index (χ1) is 16.6. The predicted octanol–water partition coefficient (Wildman–Crippen LogP) is 6.18. The average Bonchev–Trinajstić information content (AvgIpc) is 3.15. The summed E-state index contributed by atoms with van der Waals surface area (Å²) in [5.74, 6) is -2.73. The molecule has 0 saturated carbocycles. The number of benzene rings is 3. The Morgan fingerprint density at radius 2 is 1.80 bits per heavy atom. The number of hydrogen-bond acceptors (Lipinski definition) is 4. The van der Waals surface area contributed by atoms with E-state index >= 15 is 0 Å². The molecule has 0 aliphatic carbocycles. The minimum atomic E-state index is -1.09. The number of aromatic hydroxyl groups is 1. The molecule has 0 radical (unpaired) electrons. The number of nitrogens with zero attached hydrogens (tertiary/aromatic N) is 2. The molecule has 35 heavy (non-hydrogen) atoms. The van der Waals surface area contributed by atoms with Crippen LogP contribution >= 0.6 is 0 Å². The highest BCUT2D eigenvalue weighted by atomic mass is 19.1. The Morgan fingerprint density at radius 3 is 2.37 bits per heavy atom. The van der Waals surface area contributed by atoms with Gasteiger partial charge in [-0.15, -0.1) is 0 Å². The lowest BCUT2D eigenvalue weighted by Crippen LogP contribution is -2.22. The number of hydrogen-bond donors (Lipinski definition) is 2. The van der Waals surface area contributed by atoms with E-state index in [0.717, 1.165) is 6.07 Å². The van der Waals surface area contributed by atoms with Crippen molar-refractivity contribution in [3.05, 3.63) is 77.5 Å². The molecular formula is C27H22F2N2O4. The van der Waals surface area contributed by atoms with E-state index in [-0.39, 0.29) is 29.0 Å². The van der Waals surface area contributed by atoms with E-state index in [2.05, 4.69) is 6.07 Å². The first kappa shape index (κ1) is 23.8. The predicted molar refractivity (Wildman–Crippen MR) is 127 cm³/mol. The van der Waals surface area contributed by atoms with Gasteiger partial charge < -0.3 is 19.5 Å². The van der Waals surface area contributed by atoms with Crippen LogP contribution < -0.4 is 4.74 Å². The Labute approximate surface area is 200 Å². The molecule has 0 aliphatic rings. The minimum Gasteiger partial charge on any atom is -0.507 e. The van der Waals surface area contributed by atoms with Gasteiger partial charge in [0.15, 0.2) is 11.6 Å². The second-order valence-corrected chi connectivity index (χ2v) is 8.80. The molecule has 6 nitrogen and oxygen atoms in total. The lowest BCUT2D eigenvalue weighted by molar-refractivity contribution is 0.0697. The van der Waals surface area contributed by atoms with E-state index in [1.165, 1.54) is 37.4 Å². The lowest BCUT2D eigenvalue weighted by atomic mass is 9.81. The molecule has 178 valence electrons. The zero-order valence-electron chi connectivity index (χ0n) is 19.3. The number of carboxylic acid groups (broad SMARTS) is 1. The molecular weight excluding hydrogens is 454 g/mol. The Bertz CT molecular complexity index is 1500. The summed E-state index contributed by atoms with van der Waals surface area (Å²) in [5, 5.41) is 30.0. The number of ether oxygens (including phenoxy) is 1. The maximum Gasteiger partial charge on any atom is 0.335 e. The van der Waals surface area contributed by atoms with Gasteiger partial charge in [-0.25, -0.2) is 13.6 Å². The van der Waals surface area contributed by atoms with Crippen LogP contribution in [0.25, 0.3) is 27.7 Å². The molecule has 3 aromatic carbocycles. The molecule has 8 heteroatoms. The molecule has 0 bridgehead atoms. The van der Waals surface area contributed by atoms with Crippen LogP contribution in [0.2, 0.25) is 0 Å². The Morgan fingerprint density at radius 1 is 1.11 bits per heavy atom. The number of methoxy groups -OCH3 is 1. The first-order valence-corrected chi connectivity index (χ1v) is 10.7. The number of phenols is 1. The highest BCUT2D eigenvalue weighted by Crippen LogP contribution is 2.47. The molecule has 1 heterocycles. The molecule has 0 fully saturated rings. The van der Waals surface area contributed by atoms with E-state index in [9.17, 15) is 29.1 Å². The van der Waals surface area contributed by atoms with Crippen molar-refractivity contribution in [2.24, 2.45) is 0 Å². The van der Waals surface area contributed by atoms with Crippen molar-refractivity contribution in [1.29, 1.82) is 5.26 Å². The number of carboxylic acids is 1. The van der Waals surface area contributed by atoms with E-state index in [4.69, 9.17) is 4.74 Å². The van der Waals surface area contributed by atoms with Gasteiger partial charge in [0.2, 0.25) is 0 Å². The highest BCUT2D eigenvalue weighted by molar-refractivity contribution is 6.04. The molecule has 0 saturated heterocycles. The van der Waals surface area contributed by atoms with Crippen LogP contribution in [0, 0.1) is 23.0 Å². The topological polar surface area (TPSA) is 95.5 Å². The SMILES string of the molecule is COc1ccc(-n2c(C(C)(C)CC#N)c(-c3ccc(C(=O)O)cc3)c3c(O)cc(F)cc32)cc1F. The number of nitriles is 1. The number of fused-ring (bicyclic) bond motifs is 1. The summed E-state index contributed by atoms with van der Waals surface area (Å²) in [6, 6.07) is 14.7. The third-order valence-electron chi connectivity index (χ3n) is 5.99. The molecule has 0 spiro atoms. The van der Waals surface area contributed by atoms with Crippen LogP contribution in [0.15, 0.2) is 54.6 Å². The van der Waals surface area contributed by atoms with Crippen molar-refractivity contribution < 1.29 is 28.5 Å². The summed E-state index contributed by atoms with van der Waals surface area (Å²) >= 11 is 0. The zero-order valence-corrected chi connectivity index (χ0v) is 19.3. The lowest BCUT2D eigenvalue weighted by Gasteiger charge is -2.26. The number of aromatic carboxylic acids is 1. The fraction of sp³-hybridized carbons (Fsp3) is 0.185. The summed E-state index contributed by atoms with van der Waals surface area (Å²) in [6.45, 7) is 3.65. The maximum absolute atomic E-state index is 14.8. The number of aromatic nitrogens is 1. The summed E-state index contributed by atoms with van der Waals surface area (Å²) in [4.78, 5) is 11.4. The maximum atomic E-state index is 14.8. The van der Waals surface area contributed by atoms with Gasteiger partial charge in [-0.1, -0.05) is 26.0 Å². The van der Waals surface area contributed by atoms with Crippen LogP contribution in [0.1, 0.15) is 36.3 Å². The van der Waals surface area contributed by atoms with Crippen molar-refractivity contribution >= 4 is 16.9 Å². The normalized spacial score (nSPS) is 11.4. The van der Waals surface area contributed by atoms with Gasteiger partial charge in [-0.05, 0) is 35.9 Å². The van der Waals surface area contributed by atoms with Crippen molar-refractivity contribution in [2.45, 2.75) is 25.7 Å². The average molecular weight is 476 g/mol. The summed E-state index contributed by atoms with van der Waals surface area (Å²) in [7, 11) is 1.34. The van der Waals surface area contributed by atoms with Crippen molar-refractivity contribution in [3.63, 3.8) is 0 Å². The van der Waals surface area contributed by atoms with Gasteiger partial charge in [0, 0.05) is 40.9 Å². The van der Waals surface area contributed by atoms with Crippen molar-refractivity contribution in [3.8, 4) is 34.4 Å². The second kappa shape index (κ2) is 8.76. The van der Waals surface area contributed by atoms with Gasteiger partial charge >= 0.3 is 5.97 Å². The molecule has 0 aliphatic heterocycles. The highest BCUT2D eigenvalue weighted by Gasteiger charge is 2.33. The van der Waals surface area contributed by atoms with Crippen LogP contribution in [0.4, 0.5) is 8.78 Å². The van der Waals surface area contributed by atoms with Gasteiger partial charge in [0.05, 0.1) is 29.6 Å². The molecule has 1 aromatic heterocycles. The van der Waals surface area contributed by atoms with Crippen LogP contribution in [0.3, 0.4) is 0 Å². The number of rotatable bonds is 6. The Kier molecular flexibility index (Phi) is 5.95. The largest absolute Gasteiger partial charge is 0.507 e. The smallest absolute Gasteiger partial charge is 0.335 e. The molecule has 0 atom stereocenters. The Hall–Kier alpha value is -4.38. The van der Waals surface area contributed by atoms with E-state index < -0.39 is 23.0 Å². The van der Waals surface area contributed by atoms with E-state index in [0.29, 0.717) is 27.9 Å². The van der Waals surface area contributed by atoms with Gasteiger partial charge in [-0.2, -0.15) is 5.26 Å². The van der Waals surface area contributed by atoms with E-state index in [1.807, 2.05) is 13.8 Å². The Balaban J connectivity index is 2.19. The third kappa shape index (κ3) is 4.06. The third-order valence-corrected chi connectivity index (χ3v) is 5.99. The van der Waals surface area contributed by atoms with Gasteiger partial charge in [0.25, 0.3) is 0 Å². The molecule has 4 rings (SSSR count). The number of phenolic OH excluding ortho intramolecular Hbond substituents is 1. The molecule has 0 amide bonds. The van der Waals surface area contributed by atoms with Crippen molar-refractivity contribution in [2.75, 3.05) is 7.11 Å². The van der Waals surface area contributed by atoms with Crippen LogP contribution in [-0.2, 0) is 5.41 Å². The number of halogens is 2. The summed E-state index contributed by atoms with van der Waals surface area (Å²) in [6.07, 6.45) is 0.0609. The second-order valence-electron chi connectivity index (χ2n) is 8.80. The van der Waals surface area contributed by atoms with Crippen molar-refractivity contribution in [1.82, 2.24) is 4.57 Å². The van der Waals surface area contributed by atoms with Crippen LogP contribution in [0.5, 0.6) is 11.5 Å². The first-order valence-electron chi connectivity index (χ1n) is 10.7. The monoisotopic (exact) mass is 476 g/mol. The molecule has 4 aromatic rings. The number of carbonyl (C=O) groups is 1. The summed E-state index contributed by atoms with van der Waals surface area (Å²) < 4.78 is 35.9. The fourth-order valence-corrected chi connectivity index (χ4v) is 4.41. The zero-order chi connectivity index (χ0) is 25.5. The van der Waals surface area contributed by atoms with E-state index in [1.54, 1.807) is 22.8 Å². The quantitative estimate of drug-likeness (QED) is 0.347. The van der Waals surface area contributed by atoms with Crippen LogP contribution in [-0.4, -0.2) is 27.9 Å². The van der Waals surface area contributed by atoms with Gasteiger partial charge in [-0.3, -0.25) is 0 Å². The summed E-state index contributed by atoms with van der Waals surface area (Å²) in [5.41, 5.74) is 1.42. The fourth-order valence-electron chi connectivity index (χ4n) is 4.41. The minimum absolute atomic E-state index is 0.0292. The standard InChI is InChI=1S/C27H22F2N2O4/c1-27(2,10-11-30)25-23(15-4-6-16(7-5-15)26(33)34)24-20(12-17(28)13-21(24)32)31(25)18-8-9-22(35-3)19(29)14-18/h4-9,12-14,32H,10H2,1-3H3,(H,33,34). The van der Waals surface area contributed by atoms with Gasteiger partial charge in [0.1, 0.15) is 11.6 Å². The molecule has 0 unspecified atom stereocenters. The molecule has 2 N–H and O–H groups in total.